The van der Waals surface area contributed by atoms with Gasteiger partial charge >= 0.3 is 0 Å². The first kappa shape index (κ1) is 12.6. The van der Waals surface area contributed by atoms with E-state index in [1.165, 1.54) is 0 Å². The van der Waals surface area contributed by atoms with Gasteiger partial charge in [0.05, 0.1) is 12.1 Å². The molecule has 1 saturated heterocycles. The number of hydrogen-bond acceptors (Lipinski definition) is 3. The molecule has 5 heteroatoms. The van der Waals surface area contributed by atoms with Crippen LogP contribution < -0.4 is 11.1 Å². The van der Waals surface area contributed by atoms with Gasteiger partial charge < -0.3 is 16.2 Å². The third-order valence-corrected chi connectivity index (χ3v) is 3.70. The average molecular weight is 231 g/mol. The zero-order valence-electron chi connectivity index (χ0n) is 9.33. The minimum Gasteiger partial charge on any atom is -0.387 e. The van der Waals surface area contributed by atoms with Crippen molar-refractivity contribution in [1.82, 2.24) is 5.32 Å². The van der Waals surface area contributed by atoms with Gasteiger partial charge in [0.15, 0.2) is 5.96 Å². The van der Waals surface area contributed by atoms with Gasteiger partial charge in [-0.3, -0.25) is 4.99 Å². The maximum absolute atomic E-state index is 10.0. The molecule has 4 nitrogen and oxygen atoms in total. The summed E-state index contributed by atoms with van der Waals surface area (Å²) in [7, 11) is 0. The van der Waals surface area contributed by atoms with E-state index in [9.17, 15) is 5.11 Å². The lowest BCUT2D eigenvalue weighted by Gasteiger charge is -2.18. The van der Waals surface area contributed by atoms with Crippen LogP contribution in [0.1, 0.15) is 26.2 Å². The van der Waals surface area contributed by atoms with Crippen molar-refractivity contribution in [3.63, 3.8) is 0 Å². The summed E-state index contributed by atoms with van der Waals surface area (Å²) in [4.78, 5) is 4.17. The number of thioether (sulfide) groups is 1. The van der Waals surface area contributed by atoms with Gasteiger partial charge in [-0.25, -0.2) is 0 Å². The number of nitrogens with two attached hydrogens (primary N) is 1. The molecular formula is C10H21N3OS. The SMILES string of the molecule is CCCCNC(N)=NCC1(O)CCSC1. The number of aliphatic hydroxyl groups is 1. The molecule has 1 atom stereocenters. The second-order valence-corrected chi connectivity index (χ2v) is 5.11. The van der Waals surface area contributed by atoms with E-state index in [2.05, 4.69) is 17.2 Å². The lowest BCUT2D eigenvalue weighted by atomic mass is 10.1. The first-order valence-electron chi connectivity index (χ1n) is 5.50. The van der Waals surface area contributed by atoms with Gasteiger partial charge in [-0.2, -0.15) is 11.8 Å². The lowest BCUT2D eigenvalue weighted by Crippen LogP contribution is -2.37. The highest BCUT2D eigenvalue weighted by Gasteiger charge is 2.31. The molecule has 15 heavy (non-hydrogen) atoms. The fourth-order valence-corrected chi connectivity index (χ4v) is 2.69. The Balaban J connectivity index is 2.23. The Hall–Kier alpha value is -0.420. The smallest absolute Gasteiger partial charge is 0.188 e. The van der Waals surface area contributed by atoms with Crippen LogP contribution >= 0.6 is 11.8 Å². The van der Waals surface area contributed by atoms with Crippen LogP contribution in [0.3, 0.4) is 0 Å². The van der Waals surface area contributed by atoms with Gasteiger partial charge in [-0.05, 0) is 18.6 Å². The van der Waals surface area contributed by atoms with Crippen molar-refractivity contribution in [2.75, 3.05) is 24.6 Å². The van der Waals surface area contributed by atoms with E-state index in [-0.39, 0.29) is 0 Å². The summed E-state index contributed by atoms with van der Waals surface area (Å²) in [5.41, 5.74) is 5.05. The largest absolute Gasteiger partial charge is 0.387 e. The Labute approximate surface area is 95.7 Å². The normalized spacial score (nSPS) is 26.9. The van der Waals surface area contributed by atoms with Crippen LogP contribution in [0.2, 0.25) is 0 Å². The molecule has 1 heterocycles. The summed E-state index contributed by atoms with van der Waals surface area (Å²) in [5, 5.41) is 13.0. The van der Waals surface area contributed by atoms with Crippen molar-refractivity contribution in [2.45, 2.75) is 31.8 Å². The molecule has 1 rings (SSSR count). The standard InChI is InChI=1S/C10H21N3OS/c1-2-3-5-12-9(11)13-7-10(14)4-6-15-8-10/h14H,2-8H2,1H3,(H3,11,12,13). The van der Waals surface area contributed by atoms with E-state index in [0.717, 1.165) is 37.3 Å². The molecule has 0 aliphatic carbocycles. The van der Waals surface area contributed by atoms with Gasteiger partial charge in [0, 0.05) is 12.3 Å². The monoisotopic (exact) mass is 231 g/mol. The molecule has 0 amide bonds. The number of unbranched alkanes of at least 4 members (excludes halogenated alkanes) is 1. The van der Waals surface area contributed by atoms with Crippen molar-refractivity contribution in [3.8, 4) is 0 Å². The minimum absolute atomic E-state index is 0.422. The summed E-state index contributed by atoms with van der Waals surface area (Å²) in [6.45, 7) is 3.41. The molecule has 1 unspecified atom stereocenters. The number of guanidine groups is 1. The number of rotatable bonds is 5. The van der Waals surface area contributed by atoms with Crippen LogP contribution in [0.25, 0.3) is 0 Å². The molecular weight excluding hydrogens is 210 g/mol. The van der Waals surface area contributed by atoms with Gasteiger partial charge in [0.1, 0.15) is 0 Å². The quantitative estimate of drug-likeness (QED) is 0.367. The fourth-order valence-electron chi connectivity index (χ4n) is 1.40. The minimum atomic E-state index is -0.623. The van der Waals surface area contributed by atoms with Gasteiger partial charge in [0.25, 0.3) is 0 Å². The maximum atomic E-state index is 10.0. The molecule has 4 N–H and O–H groups in total. The molecule has 1 aliphatic rings. The van der Waals surface area contributed by atoms with Gasteiger partial charge in [0.2, 0.25) is 0 Å². The Bertz CT molecular complexity index is 215. The number of hydrogen-bond donors (Lipinski definition) is 3. The number of aliphatic imine (C=N–C) groups is 1. The van der Waals surface area contributed by atoms with Crippen LogP contribution in [-0.4, -0.2) is 41.3 Å². The third-order valence-electron chi connectivity index (χ3n) is 2.46. The van der Waals surface area contributed by atoms with E-state index >= 15 is 0 Å². The first-order chi connectivity index (χ1) is 7.16. The Kier molecular flexibility index (Phi) is 5.25. The van der Waals surface area contributed by atoms with Gasteiger partial charge in [-0.1, -0.05) is 13.3 Å². The third kappa shape index (κ3) is 4.75. The summed E-state index contributed by atoms with van der Waals surface area (Å²) >= 11 is 1.77. The zero-order valence-corrected chi connectivity index (χ0v) is 10.1. The highest BCUT2D eigenvalue weighted by molar-refractivity contribution is 7.99. The topological polar surface area (TPSA) is 70.6 Å². The van der Waals surface area contributed by atoms with Crippen molar-refractivity contribution >= 4 is 17.7 Å². The predicted octanol–water partition coefficient (Wildman–Crippen LogP) is 0.559. The molecule has 0 spiro atoms. The first-order valence-corrected chi connectivity index (χ1v) is 6.66. The summed E-state index contributed by atoms with van der Waals surface area (Å²) in [6.07, 6.45) is 3.06. The summed E-state index contributed by atoms with van der Waals surface area (Å²) < 4.78 is 0. The highest BCUT2D eigenvalue weighted by atomic mass is 32.2. The highest BCUT2D eigenvalue weighted by Crippen LogP contribution is 2.27. The molecule has 0 radical (unpaired) electrons. The zero-order chi connectivity index (χ0) is 11.1. The fraction of sp³-hybridized carbons (Fsp3) is 0.900. The van der Waals surface area contributed by atoms with Crippen molar-refractivity contribution in [1.29, 1.82) is 0 Å². The van der Waals surface area contributed by atoms with Crippen LogP contribution in [0, 0.1) is 0 Å². The molecule has 0 aromatic carbocycles. The van der Waals surface area contributed by atoms with Crippen LogP contribution in [0.5, 0.6) is 0 Å². The number of nitrogens with zero attached hydrogens (tertiary/aromatic N) is 1. The Morgan fingerprint density at radius 1 is 1.67 bits per heavy atom. The Morgan fingerprint density at radius 3 is 3.07 bits per heavy atom. The lowest BCUT2D eigenvalue weighted by molar-refractivity contribution is 0.0779. The van der Waals surface area contributed by atoms with E-state index < -0.39 is 5.60 Å². The predicted molar refractivity (Wildman–Crippen MR) is 66.3 cm³/mol. The molecule has 1 fully saturated rings. The molecule has 88 valence electrons. The molecule has 0 bridgehead atoms. The molecule has 1 aliphatic heterocycles. The maximum Gasteiger partial charge on any atom is 0.188 e. The van der Waals surface area contributed by atoms with Crippen LogP contribution in [0.4, 0.5) is 0 Å². The van der Waals surface area contributed by atoms with E-state index in [4.69, 9.17) is 5.73 Å². The van der Waals surface area contributed by atoms with E-state index in [0.29, 0.717) is 12.5 Å². The molecule has 0 aromatic rings. The summed E-state index contributed by atoms with van der Waals surface area (Å²) in [6, 6.07) is 0. The van der Waals surface area contributed by atoms with Crippen LogP contribution in [0.15, 0.2) is 4.99 Å². The van der Waals surface area contributed by atoms with E-state index in [1.807, 2.05) is 0 Å². The molecule has 0 aromatic heterocycles. The van der Waals surface area contributed by atoms with Gasteiger partial charge in [-0.15, -0.1) is 0 Å². The second-order valence-electron chi connectivity index (χ2n) is 4.01. The second kappa shape index (κ2) is 6.23. The van der Waals surface area contributed by atoms with Crippen LogP contribution in [-0.2, 0) is 0 Å². The van der Waals surface area contributed by atoms with Crippen molar-refractivity contribution in [2.24, 2.45) is 10.7 Å². The van der Waals surface area contributed by atoms with Crippen molar-refractivity contribution in [3.05, 3.63) is 0 Å². The molecule has 0 saturated carbocycles. The average Bonchev–Trinajstić information content (AvgIpc) is 2.64. The Morgan fingerprint density at radius 2 is 2.47 bits per heavy atom. The summed E-state index contributed by atoms with van der Waals surface area (Å²) in [5.74, 6) is 2.25. The number of nitrogens with one attached hydrogen (secondary N) is 1. The van der Waals surface area contributed by atoms with E-state index in [1.54, 1.807) is 11.8 Å². The van der Waals surface area contributed by atoms with Crippen molar-refractivity contribution < 1.29 is 5.11 Å².